The van der Waals surface area contributed by atoms with Gasteiger partial charge in [-0.25, -0.2) is 0 Å². The third kappa shape index (κ3) is 3.66. The van der Waals surface area contributed by atoms with Crippen LogP contribution in [0.5, 0.6) is 0 Å². The highest BCUT2D eigenvalue weighted by Crippen LogP contribution is 2.43. The van der Waals surface area contributed by atoms with E-state index in [4.69, 9.17) is 0 Å². The first-order valence-corrected chi connectivity index (χ1v) is 12.7. The van der Waals surface area contributed by atoms with Gasteiger partial charge in [0.15, 0.2) is 0 Å². The number of rotatable bonds is 2. The Bertz CT molecular complexity index is 1290. The van der Waals surface area contributed by atoms with Gasteiger partial charge in [-0.15, -0.1) is 0 Å². The van der Waals surface area contributed by atoms with Crippen LogP contribution in [0.2, 0.25) is 0 Å². The Morgan fingerprint density at radius 3 is 2.26 bits per heavy atom. The molecule has 0 radical (unpaired) electrons. The molecule has 0 unspecified atom stereocenters. The summed E-state index contributed by atoms with van der Waals surface area (Å²) in [5.74, 6) is 0.113. The lowest BCUT2D eigenvalue weighted by molar-refractivity contribution is -0.162. The predicted molar refractivity (Wildman–Crippen MR) is 137 cm³/mol. The zero-order chi connectivity index (χ0) is 24.5. The van der Waals surface area contributed by atoms with Gasteiger partial charge < -0.3 is 20.1 Å². The fourth-order valence-corrected chi connectivity index (χ4v) is 7.07. The quantitative estimate of drug-likeness (QED) is 0.591. The normalized spacial score (nSPS) is 26.1. The zero-order valence-corrected chi connectivity index (χ0v) is 21.0. The minimum atomic E-state index is -0.491. The molecule has 0 saturated carbocycles. The third-order valence-corrected chi connectivity index (χ3v) is 8.02. The summed E-state index contributed by atoms with van der Waals surface area (Å²) in [4.78, 5) is 35.4. The number of piperazine rings is 1. The maximum Gasteiger partial charge on any atom is 0.246 e. The van der Waals surface area contributed by atoms with E-state index in [9.17, 15) is 9.59 Å². The average Bonchev–Trinajstić information content (AvgIpc) is 3.17. The van der Waals surface area contributed by atoms with Gasteiger partial charge in [-0.3, -0.25) is 9.59 Å². The van der Waals surface area contributed by atoms with Gasteiger partial charge in [-0.2, -0.15) is 0 Å². The van der Waals surface area contributed by atoms with Crippen LogP contribution >= 0.6 is 0 Å². The van der Waals surface area contributed by atoms with E-state index in [1.54, 1.807) is 0 Å². The number of nitrogens with one attached hydrogen (secondary N) is 2. The summed E-state index contributed by atoms with van der Waals surface area (Å²) in [7, 11) is 0. The van der Waals surface area contributed by atoms with Gasteiger partial charge in [0, 0.05) is 40.1 Å². The van der Waals surface area contributed by atoms with Crippen molar-refractivity contribution < 1.29 is 9.59 Å². The number of carbonyl (C=O) groups is 2. The van der Waals surface area contributed by atoms with E-state index in [2.05, 4.69) is 62.3 Å². The van der Waals surface area contributed by atoms with Gasteiger partial charge in [0.05, 0.1) is 6.04 Å². The van der Waals surface area contributed by atoms with Crippen molar-refractivity contribution in [2.75, 3.05) is 6.54 Å². The van der Waals surface area contributed by atoms with Crippen LogP contribution in [0, 0.1) is 0 Å². The molecule has 3 aliphatic heterocycles. The van der Waals surface area contributed by atoms with E-state index in [0.29, 0.717) is 6.42 Å². The van der Waals surface area contributed by atoms with Crippen LogP contribution < -0.4 is 5.32 Å². The Hall–Kier alpha value is -3.12. The second kappa shape index (κ2) is 7.69. The number of nitrogens with zero attached hydrogens (tertiary/aromatic N) is 2. The number of piperidine rings is 1. The van der Waals surface area contributed by atoms with Crippen molar-refractivity contribution in [3.8, 4) is 0 Å². The molecule has 1 aromatic heterocycles. The molecule has 182 valence electrons. The summed E-state index contributed by atoms with van der Waals surface area (Å²) in [6, 6.07) is 17.6. The molecule has 3 aliphatic rings. The molecule has 3 aromatic rings. The monoisotopic (exact) mass is 470 g/mol. The molecule has 4 heterocycles. The van der Waals surface area contributed by atoms with E-state index < -0.39 is 6.04 Å². The van der Waals surface area contributed by atoms with E-state index in [1.165, 1.54) is 0 Å². The van der Waals surface area contributed by atoms with Crippen molar-refractivity contribution in [1.82, 2.24) is 20.1 Å². The Morgan fingerprint density at radius 2 is 1.54 bits per heavy atom. The summed E-state index contributed by atoms with van der Waals surface area (Å²) in [6.45, 7) is 8.90. The lowest BCUT2D eigenvalue weighted by atomic mass is 9.78. The van der Waals surface area contributed by atoms with Crippen molar-refractivity contribution in [3.63, 3.8) is 0 Å². The number of H-pyrrole nitrogens is 1. The molecule has 6 heteroatoms. The Morgan fingerprint density at radius 1 is 0.886 bits per heavy atom. The van der Waals surface area contributed by atoms with Gasteiger partial charge in [0.25, 0.3) is 0 Å². The first-order valence-electron chi connectivity index (χ1n) is 12.7. The highest BCUT2D eigenvalue weighted by Gasteiger charge is 2.51. The fourth-order valence-electron chi connectivity index (χ4n) is 7.07. The molecule has 6 rings (SSSR count). The molecule has 2 amide bonds. The van der Waals surface area contributed by atoms with Gasteiger partial charge >= 0.3 is 0 Å². The number of carbonyl (C=O) groups excluding carboxylic acids is 2. The molecule has 0 aliphatic carbocycles. The van der Waals surface area contributed by atoms with Crippen LogP contribution in [0.15, 0.2) is 54.6 Å². The van der Waals surface area contributed by atoms with Crippen molar-refractivity contribution in [3.05, 3.63) is 71.4 Å². The first kappa shape index (κ1) is 22.4. The molecule has 0 spiro atoms. The minimum absolute atomic E-state index is 0.0295. The van der Waals surface area contributed by atoms with Crippen LogP contribution in [-0.2, 0) is 16.0 Å². The predicted octanol–water partition coefficient (Wildman–Crippen LogP) is 4.16. The molecular formula is C29H34N4O2. The van der Waals surface area contributed by atoms with Crippen LogP contribution in [0.1, 0.15) is 63.4 Å². The standard InChI is InChI=1S/C29H34N4O2/c1-28(2)15-19(16-29(3,4)31-28)32-17-24(34)33-23(27(32)35)14-21-20-12-8-9-13-22(20)30-25(21)26(33)18-10-6-5-7-11-18/h5-13,19,23,26,30-31H,14-17H2,1-4H3/t23-,26-/m0/s1. The Balaban J connectivity index is 1.44. The highest BCUT2D eigenvalue weighted by atomic mass is 16.2. The number of fused-ring (bicyclic) bond motifs is 4. The van der Waals surface area contributed by atoms with Gasteiger partial charge in [0.2, 0.25) is 11.8 Å². The van der Waals surface area contributed by atoms with Crippen LogP contribution in [0.25, 0.3) is 10.9 Å². The number of amides is 2. The average molecular weight is 471 g/mol. The summed E-state index contributed by atoms with van der Waals surface area (Å²) in [5, 5.41) is 4.85. The summed E-state index contributed by atoms with van der Waals surface area (Å²) >= 11 is 0. The molecule has 6 nitrogen and oxygen atoms in total. The number of para-hydroxylation sites is 1. The number of aromatic nitrogens is 1. The Labute approximate surface area is 206 Å². The molecule has 0 bridgehead atoms. The first-order chi connectivity index (χ1) is 16.6. The molecule has 2 atom stereocenters. The molecule has 35 heavy (non-hydrogen) atoms. The summed E-state index contributed by atoms with van der Waals surface area (Å²) < 4.78 is 0. The maximum absolute atomic E-state index is 14.2. The van der Waals surface area contributed by atoms with E-state index in [1.807, 2.05) is 40.1 Å². The van der Waals surface area contributed by atoms with Gasteiger partial charge in [-0.05, 0) is 57.7 Å². The fraction of sp³-hybridized carbons (Fsp3) is 0.448. The van der Waals surface area contributed by atoms with E-state index in [-0.39, 0.29) is 41.5 Å². The van der Waals surface area contributed by atoms with Gasteiger partial charge in [-0.1, -0.05) is 48.5 Å². The molecule has 2 N–H and O–H groups in total. The molecule has 2 aromatic carbocycles. The van der Waals surface area contributed by atoms with Crippen LogP contribution in [0.4, 0.5) is 0 Å². The lowest BCUT2D eigenvalue weighted by Crippen LogP contribution is -2.69. The van der Waals surface area contributed by atoms with Crippen LogP contribution in [0.3, 0.4) is 0 Å². The number of aromatic amines is 1. The zero-order valence-electron chi connectivity index (χ0n) is 21.0. The van der Waals surface area contributed by atoms with Gasteiger partial charge in [0.1, 0.15) is 12.6 Å². The molecule has 2 fully saturated rings. The lowest BCUT2D eigenvalue weighted by Gasteiger charge is -2.53. The van der Waals surface area contributed by atoms with Crippen molar-refractivity contribution in [2.45, 2.75) is 76.2 Å². The second-order valence-electron chi connectivity index (χ2n) is 11.8. The van der Waals surface area contributed by atoms with Crippen molar-refractivity contribution in [2.24, 2.45) is 0 Å². The van der Waals surface area contributed by atoms with E-state index in [0.717, 1.165) is 40.6 Å². The Kier molecular flexibility index (Phi) is 4.91. The SMILES string of the molecule is CC1(C)CC(N2CC(=O)N3[C@@H](c4ccccc4)c4[nH]c5ccccc5c4C[C@H]3C2=O)CC(C)(C)N1. The molecule has 2 saturated heterocycles. The number of hydrogen-bond acceptors (Lipinski definition) is 3. The maximum atomic E-state index is 14.2. The summed E-state index contributed by atoms with van der Waals surface area (Å²) in [6.07, 6.45) is 2.22. The smallest absolute Gasteiger partial charge is 0.246 e. The topological polar surface area (TPSA) is 68.4 Å². The molecular weight excluding hydrogens is 436 g/mol. The second-order valence-corrected chi connectivity index (χ2v) is 11.8. The number of hydrogen-bond donors (Lipinski definition) is 2. The largest absolute Gasteiger partial charge is 0.356 e. The number of benzene rings is 2. The summed E-state index contributed by atoms with van der Waals surface area (Å²) in [5.41, 5.74) is 4.07. The highest BCUT2D eigenvalue weighted by molar-refractivity contribution is 5.97. The van der Waals surface area contributed by atoms with E-state index >= 15 is 0 Å². The van der Waals surface area contributed by atoms with Crippen molar-refractivity contribution >= 4 is 22.7 Å². The van der Waals surface area contributed by atoms with Crippen LogP contribution in [-0.4, -0.2) is 56.3 Å². The van der Waals surface area contributed by atoms with Crippen molar-refractivity contribution in [1.29, 1.82) is 0 Å². The minimum Gasteiger partial charge on any atom is -0.356 e. The third-order valence-electron chi connectivity index (χ3n) is 8.02.